The van der Waals surface area contributed by atoms with E-state index in [4.69, 9.17) is 5.11 Å². The Morgan fingerprint density at radius 2 is 1.40 bits per heavy atom. The van der Waals surface area contributed by atoms with Crippen molar-refractivity contribution in [1.82, 2.24) is 10.3 Å². The van der Waals surface area contributed by atoms with Crippen molar-refractivity contribution in [2.24, 2.45) is 17.8 Å². The number of hydrogen-bond donors (Lipinski definition) is 2. The van der Waals surface area contributed by atoms with Crippen LogP contribution >= 0.6 is 0 Å². The molecular formula is C48H80N2O2. The van der Waals surface area contributed by atoms with E-state index < -0.39 is 5.97 Å². The van der Waals surface area contributed by atoms with Gasteiger partial charge < -0.3 is 10.4 Å². The molecule has 294 valence electrons. The van der Waals surface area contributed by atoms with E-state index in [0.29, 0.717) is 5.92 Å². The average Bonchev–Trinajstić information content (AvgIpc) is 3.15. The van der Waals surface area contributed by atoms with Crippen molar-refractivity contribution < 1.29 is 9.90 Å². The summed E-state index contributed by atoms with van der Waals surface area (Å²) in [6.45, 7) is 28.3. The van der Waals surface area contributed by atoms with Crippen LogP contribution in [-0.2, 0) is 12.8 Å². The van der Waals surface area contributed by atoms with Gasteiger partial charge in [-0.3, -0.25) is 4.98 Å². The highest BCUT2D eigenvalue weighted by molar-refractivity contribution is 5.87. The molecule has 3 atom stereocenters. The molecule has 0 amide bonds. The number of allylic oxidation sites excluding steroid dienone is 1. The fourth-order valence-electron chi connectivity index (χ4n) is 5.33. The van der Waals surface area contributed by atoms with E-state index in [2.05, 4.69) is 128 Å². The Kier molecular flexibility index (Phi) is 32.6. The zero-order valence-corrected chi connectivity index (χ0v) is 35.9. The molecule has 0 fully saturated rings. The maximum atomic E-state index is 10.9. The maximum Gasteiger partial charge on any atom is 0.335 e. The molecule has 3 aromatic rings. The molecule has 1 aromatic heterocycles. The Balaban J connectivity index is 0. The van der Waals surface area contributed by atoms with Gasteiger partial charge in [0, 0.05) is 6.20 Å². The Morgan fingerprint density at radius 1 is 0.788 bits per heavy atom. The van der Waals surface area contributed by atoms with Gasteiger partial charge in [-0.25, -0.2) is 4.79 Å². The number of carboxylic acid groups (broad SMARTS) is 1. The number of carboxylic acids is 1. The predicted molar refractivity (Wildman–Crippen MR) is 230 cm³/mol. The second-order valence-electron chi connectivity index (χ2n) is 14.5. The molecule has 0 saturated heterocycles. The minimum Gasteiger partial charge on any atom is -0.478 e. The number of aromatic carboxylic acids is 1. The Hall–Kier alpha value is -3.40. The quantitative estimate of drug-likeness (QED) is 0.137. The van der Waals surface area contributed by atoms with E-state index in [1.54, 1.807) is 6.07 Å². The summed E-state index contributed by atoms with van der Waals surface area (Å²) in [5.41, 5.74) is 6.52. The first-order valence-electron chi connectivity index (χ1n) is 20.6. The van der Waals surface area contributed by atoms with Gasteiger partial charge in [-0.2, -0.15) is 0 Å². The summed E-state index contributed by atoms with van der Waals surface area (Å²) >= 11 is 0. The van der Waals surface area contributed by atoms with Gasteiger partial charge in [0.15, 0.2) is 0 Å². The molecule has 2 aromatic carbocycles. The fraction of sp³-hybridized carbons (Fsp3) is 0.583. The maximum absolute atomic E-state index is 10.9. The van der Waals surface area contributed by atoms with Crippen molar-refractivity contribution in [1.29, 1.82) is 0 Å². The first kappa shape index (κ1) is 50.7. The third-order valence-corrected chi connectivity index (χ3v) is 8.85. The van der Waals surface area contributed by atoms with Crippen LogP contribution < -0.4 is 5.32 Å². The molecule has 0 spiro atoms. The third-order valence-electron chi connectivity index (χ3n) is 8.85. The molecule has 3 rings (SSSR count). The van der Waals surface area contributed by atoms with Crippen molar-refractivity contribution in [2.45, 2.75) is 167 Å². The molecule has 0 bridgehead atoms. The molecule has 0 saturated carbocycles. The van der Waals surface area contributed by atoms with E-state index in [9.17, 15) is 4.79 Å². The minimum absolute atomic E-state index is 0.0126. The van der Waals surface area contributed by atoms with Gasteiger partial charge in [0.2, 0.25) is 0 Å². The van der Waals surface area contributed by atoms with Gasteiger partial charge in [-0.15, -0.1) is 0 Å². The number of benzene rings is 2. The standard InChI is InChI=1S/C15H22N2O2.C12H18.C11H24.C8H10.C2H6/c1-10(2)7-11(3)9-17-12(4)14-8-13(15(18)19)5-6-16-14;1-3-4-5-6-12-9-7-11(2)8-10-12;1-5-7-11(4)9-8-10(3)6-2;1-2-8-6-4-3-5-7-8;1-2/h5-6,8-10,12,17H,7H2,1-4H3,(H,18,19);7-10H,3-6H2,1-2H3;10-11H,5-9H2,1-4H3;3-7H,2H2,1H3;1-2H3/b11-9+;;;;/t;;10-,11?;;/m..1../s1. The van der Waals surface area contributed by atoms with Gasteiger partial charge in [-0.05, 0) is 93.7 Å². The summed E-state index contributed by atoms with van der Waals surface area (Å²) in [6.07, 6.45) is 17.9. The van der Waals surface area contributed by atoms with Crippen LogP contribution in [-0.4, -0.2) is 16.1 Å². The number of aromatic nitrogens is 1. The number of hydrogen-bond acceptors (Lipinski definition) is 3. The third kappa shape index (κ3) is 28.2. The summed E-state index contributed by atoms with van der Waals surface area (Å²) in [5.74, 6) is 1.59. The van der Waals surface area contributed by atoms with Crippen molar-refractivity contribution in [2.75, 3.05) is 0 Å². The molecule has 2 N–H and O–H groups in total. The summed E-state index contributed by atoms with van der Waals surface area (Å²) in [6, 6.07) is 22.4. The van der Waals surface area contributed by atoms with Crippen LogP contribution in [0, 0.1) is 24.7 Å². The van der Waals surface area contributed by atoms with Gasteiger partial charge in [0.05, 0.1) is 17.3 Å². The number of unbranched alkanes of at least 4 members (excludes halogenated alkanes) is 2. The molecular weight excluding hydrogens is 637 g/mol. The van der Waals surface area contributed by atoms with Crippen LogP contribution in [0.15, 0.2) is 84.7 Å². The van der Waals surface area contributed by atoms with Crippen molar-refractivity contribution >= 4 is 5.97 Å². The largest absolute Gasteiger partial charge is 0.478 e. The highest BCUT2D eigenvalue weighted by Gasteiger charge is 2.09. The lowest BCUT2D eigenvalue weighted by molar-refractivity contribution is 0.0696. The van der Waals surface area contributed by atoms with E-state index in [1.807, 2.05) is 33.0 Å². The number of aryl methyl sites for hydroxylation is 3. The zero-order valence-electron chi connectivity index (χ0n) is 35.9. The van der Waals surface area contributed by atoms with E-state index >= 15 is 0 Å². The van der Waals surface area contributed by atoms with Gasteiger partial charge >= 0.3 is 5.97 Å². The Bertz CT molecular complexity index is 1270. The van der Waals surface area contributed by atoms with E-state index in [1.165, 1.54) is 92.3 Å². The zero-order chi connectivity index (χ0) is 39.7. The Morgan fingerprint density at radius 3 is 1.90 bits per heavy atom. The first-order valence-corrected chi connectivity index (χ1v) is 20.6. The van der Waals surface area contributed by atoms with Crippen LogP contribution in [0.4, 0.5) is 0 Å². The monoisotopic (exact) mass is 717 g/mol. The lowest BCUT2D eigenvalue weighted by atomic mass is 9.94. The van der Waals surface area contributed by atoms with Gasteiger partial charge in [0.1, 0.15) is 0 Å². The fourth-order valence-corrected chi connectivity index (χ4v) is 5.33. The number of pyridine rings is 1. The van der Waals surface area contributed by atoms with Crippen LogP contribution in [0.3, 0.4) is 0 Å². The van der Waals surface area contributed by atoms with Crippen LogP contribution in [0.2, 0.25) is 0 Å². The number of rotatable bonds is 17. The van der Waals surface area contributed by atoms with Crippen molar-refractivity contribution in [3.63, 3.8) is 0 Å². The number of nitrogens with one attached hydrogen (secondary N) is 1. The first-order chi connectivity index (χ1) is 24.9. The lowest BCUT2D eigenvalue weighted by Crippen LogP contribution is -2.15. The van der Waals surface area contributed by atoms with Crippen LogP contribution in [0.1, 0.15) is 180 Å². The molecule has 0 radical (unpaired) electrons. The predicted octanol–water partition coefficient (Wildman–Crippen LogP) is 14.6. The van der Waals surface area contributed by atoms with Crippen molar-refractivity contribution in [3.8, 4) is 0 Å². The number of nitrogens with zero attached hydrogens (tertiary/aromatic N) is 1. The topological polar surface area (TPSA) is 62.2 Å². The molecule has 52 heavy (non-hydrogen) atoms. The smallest absolute Gasteiger partial charge is 0.335 e. The van der Waals surface area contributed by atoms with Crippen LogP contribution in [0.5, 0.6) is 0 Å². The molecule has 4 nitrogen and oxygen atoms in total. The van der Waals surface area contributed by atoms with Crippen molar-refractivity contribution in [3.05, 3.63) is 113 Å². The highest BCUT2D eigenvalue weighted by Crippen LogP contribution is 2.18. The second kappa shape index (κ2) is 33.4. The van der Waals surface area contributed by atoms with E-state index in [0.717, 1.165) is 30.4 Å². The lowest BCUT2D eigenvalue weighted by Gasteiger charge is -2.13. The molecule has 0 aliphatic rings. The molecule has 0 aliphatic heterocycles. The highest BCUT2D eigenvalue weighted by atomic mass is 16.4. The summed E-state index contributed by atoms with van der Waals surface area (Å²) in [7, 11) is 0. The summed E-state index contributed by atoms with van der Waals surface area (Å²) < 4.78 is 0. The average molecular weight is 717 g/mol. The number of carbonyl (C=O) groups is 1. The summed E-state index contributed by atoms with van der Waals surface area (Å²) in [5, 5.41) is 12.2. The second-order valence-corrected chi connectivity index (χ2v) is 14.5. The Labute approximate surface area is 322 Å². The van der Waals surface area contributed by atoms with Crippen LogP contribution in [0.25, 0.3) is 0 Å². The SMILES string of the molecule is C/C(=C\NC(C)c1cc(C(=O)O)ccn1)CC(C)C.CC.CCCC(C)CC[C@H](C)CC.CCCCCc1ccc(C)cc1.CCc1ccccc1. The molecule has 4 heteroatoms. The normalized spacial score (nSPS) is 12.2. The molecule has 0 aliphatic carbocycles. The molecule has 2 unspecified atom stereocenters. The van der Waals surface area contributed by atoms with Gasteiger partial charge in [0.25, 0.3) is 0 Å². The van der Waals surface area contributed by atoms with E-state index in [-0.39, 0.29) is 11.6 Å². The minimum atomic E-state index is -0.928. The van der Waals surface area contributed by atoms with Gasteiger partial charge in [-0.1, -0.05) is 180 Å². The summed E-state index contributed by atoms with van der Waals surface area (Å²) in [4.78, 5) is 15.1. The molecule has 1 heterocycles.